The summed E-state index contributed by atoms with van der Waals surface area (Å²) in [4.78, 5) is 0. The maximum atomic E-state index is 13.3. The Morgan fingerprint density at radius 3 is 2.75 bits per heavy atom. The molecule has 0 aliphatic heterocycles. The van der Waals surface area contributed by atoms with Gasteiger partial charge in [-0.2, -0.15) is 0 Å². The van der Waals surface area contributed by atoms with Crippen molar-refractivity contribution in [3.05, 3.63) is 63.9 Å². The molecule has 2 N–H and O–H groups in total. The molecule has 1 unspecified atom stereocenters. The monoisotopic (exact) mass is 337 g/mol. The summed E-state index contributed by atoms with van der Waals surface area (Å²) in [7, 11) is 0. The van der Waals surface area contributed by atoms with Crippen LogP contribution in [0.5, 0.6) is 5.75 Å². The lowest BCUT2D eigenvalue weighted by Gasteiger charge is -2.13. The molecule has 0 spiro atoms. The molecule has 106 valence electrons. The van der Waals surface area contributed by atoms with Crippen molar-refractivity contribution in [1.82, 2.24) is 0 Å². The van der Waals surface area contributed by atoms with E-state index < -0.39 is 0 Å². The number of nitrogens with two attached hydrogens (primary N) is 1. The lowest BCUT2D eigenvalue weighted by Crippen LogP contribution is -2.18. The average molecular weight is 338 g/mol. The lowest BCUT2D eigenvalue weighted by molar-refractivity contribution is 0.301. The van der Waals surface area contributed by atoms with Gasteiger partial charge in [0.25, 0.3) is 0 Å². The smallest absolute Gasteiger partial charge is 0.123 e. The van der Waals surface area contributed by atoms with E-state index in [4.69, 9.17) is 10.5 Å². The Bertz CT molecular complexity index is 586. The predicted molar refractivity (Wildman–Crippen MR) is 82.2 cm³/mol. The molecule has 0 radical (unpaired) electrons. The van der Waals surface area contributed by atoms with E-state index in [0.29, 0.717) is 18.8 Å². The topological polar surface area (TPSA) is 35.2 Å². The number of halogens is 2. The highest BCUT2D eigenvalue weighted by Crippen LogP contribution is 2.23. The third-order valence-electron chi connectivity index (χ3n) is 2.85. The molecule has 0 bridgehead atoms. The van der Waals surface area contributed by atoms with Crippen molar-refractivity contribution >= 4 is 15.9 Å². The lowest BCUT2D eigenvalue weighted by atomic mass is 10.1. The summed E-state index contributed by atoms with van der Waals surface area (Å²) in [5.74, 6) is 0.416. The molecular formula is C16H17BrFNO. The van der Waals surface area contributed by atoms with E-state index in [2.05, 4.69) is 15.9 Å². The summed E-state index contributed by atoms with van der Waals surface area (Å²) >= 11 is 3.42. The fourth-order valence-electron chi connectivity index (χ4n) is 1.98. The Kier molecular flexibility index (Phi) is 5.15. The van der Waals surface area contributed by atoms with Gasteiger partial charge < -0.3 is 10.5 Å². The van der Waals surface area contributed by atoms with Gasteiger partial charge in [-0.05, 0) is 54.8 Å². The number of hydrogen-bond donors (Lipinski definition) is 1. The van der Waals surface area contributed by atoms with Gasteiger partial charge in [-0.3, -0.25) is 0 Å². The van der Waals surface area contributed by atoms with Crippen LogP contribution in [0.2, 0.25) is 0 Å². The van der Waals surface area contributed by atoms with E-state index in [0.717, 1.165) is 15.6 Å². The van der Waals surface area contributed by atoms with Gasteiger partial charge in [0.1, 0.15) is 18.2 Å². The number of benzene rings is 2. The molecule has 0 saturated carbocycles. The summed E-state index contributed by atoms with van der Waals surface area (Å²) in [5.41, 5.74) is 7.64. The fourth-order valence-corrected chi connectivity index (χ4v) is 2.43. The van der Waals surface area contributed by atoms with Crippen molar-refractivity contribution in [2.75, 3.05) is 0 Å². The van der Waals surface area contributed by atoms with Crippen LogP contribution < -0.4 is 10.5 Å². The Morgan fingerprint density at radius 2 is 2.05 bits per heavy atom. The molecule has 2 aromatic carbocycles. The van der Waals surface area contributed by atoms with Crippen LogP contribution in [0.1, 0.15) is 18.1 Å². The zero-order valence-corrected chi connectivity index (χ0v) is 12.9. The minimum Gasteiger partial charge on any atom is -0.489 e. The SMILES string of the molecule is CC(N)Cc1cc(F)ccc1OCc1cccc(Br)c1. The molecule has 0 saturated heterocycles. The summed E-state index contributed by atoms with van der Waals surface area (Å²) in [6.45, 7) is 2.33. The molecular weight excluding hydrogens is 321 g/mol. The van der Waals surface area contributed by atoms with E-state index in [1.165, 1.54) is 12.1 Å². The summed E-state index contributed by atoms with van der Waals surface area (Å²) in [6.07, 6.45) is 0.589. The standard InChI is InChI=1S/C16H17BrFNO/c1-11(19)7-13-9-15(18)5-6-16(13)20-10-12-3-2-4-14(17)8-12/h2-6,8-9,11H,7,10,19H2,1H3. The zero-order chi connectivity index (χ0) is 14.5. The molecule has 1 atom stereocenters. The molecule has 0 aliphatic rings. The van der Waals surface area contributed by atoms with Gasteiger partial charge in [0, 0.05) is 10.5 Å². The Morgan fingerprint density at radius 1 is 1.25 bits per heavy atom. The van der Waals surface area contributed by atoms with E-state index in [1.54, 1.807) is 6.07 Å². The third-order valence-corrected chi connectivity index (χ3v) is 3.34. The minimum absolute atomic E-state index is 0.0370. The normalized spacial score (nSPS) is 12.2. The van der Waals surface area contributed by atoms with Crippen molar-refractivity contribution in [2.24, 2.45) is 5.73 Å². The largest absolute Gasteiger partial charge is 0.489 e. The van der Waals surface area contributed by atoms with E-state index in [1.807, 2.05) is 31.2 Å². The number of hydrogen-bond acceptors (Lipinski definition) is 2. The van der Waals surface area contributed by atoms with Gasteiger partial charge >= 0.3 is 0 Å². The highest BCUT2D eigenvalue weighted by Gasteiger charge is 2.08. The molecule has 0 fully saturated rings. The quantitative estimate of drug-likeness (QED) is 0.892. The second-order valence-electron chi connectivity index (χ2n) is 4.85. The van der Waals surface area contributed by atoms with Crippen LogP contribution in [0, 0.1) is 5.82 Å². The first-order chi connectivity index (χ1) is 9.54. The van der Waals surface area contributed by atoms with Gasteiger partial charge in [-0.15, -0.1) is 0 Å². The van der Waals surface area contributed by atoms with Crippen LogP contribution in [-0.4, -0.2) is 6.04 Å². The van der Waals surface area contributed by atoms with Crippen LogP contribution in [0.3, 0.4) is 0 Å². The first-order valence-corrected chi connectivity index (χ1v) is 7.25. The second-order valence-corrected chi connectivity index (χ2v) is 5.77. The molecule has 0 heterocycles. The van der Waals surface area contributed by atoms with E-state index >= 15 is 0 Å². The molecule has 2 rings (SSSR count). The first-order valence-electron chi connectivity index (χ1n) is 6.46. The van der Waals surface area contributed by atoms with Gasteiger partial charge in [0.2, 0.25) is 0 Å². The van der Waals surface area contributed by atoms with Crippen molar-refractivity contribution in [1.29, 1.82) is 0 Å². The summed E-state index contributed by atoms with van der Waals surface area (Å²) < 4.78 is 20.1. The van der Waals surface area contributed by atoms with Gasteiger partial charge in [0.05, 0.1) is 0 Å². The van der Waals surface area contributed by atoms with Crippen molar-refractivity contribution in [3.8, 4) is 5.75 Å². The Balaban J connectivity index is 2.12. The van der Waals surface area contributed by atoms with Gasteiger partial charge in [0.15, 0.2) is 0 Å². The minimum atomic E-state index is -0.268. The second kappa shape index (κ2) is 6.86. The highest BCUT2D eigenvalue weighted by molar-refractivity contribution is 9.10. The Hall–Kier alpha value is -1.39. The zero-order valence-electron chi connectivity index (χ0n) is 11.3. The third kappa shape index (κ3) is 4.32. The van der Waals surface area contributed by atoms with Crippen molar-refractivity contribution in [2.45, 2.75) is 26.0 Å². The molecule has 4 heteroatoms. The van der Waals surface area contributed by atoms with Crippen molar-refractivity contribution in [3.63, 3.8) is 0 Å². The highest BCUT2D eigenvalue weighted by atomic mass is 79.9. The van der Waals surface area contributed by atoms with Crippen LogP contribution in [-0.2, 0) is 13.0 Å². The van der Waals surface area contributed by atoms with E-state index in [9.17, 15) is 4.39 Å². The molecule has 0 amide bonds. The fraction of sp³-hybridized carbons (Fsp3) is 0.250. The van der Waals surface area contributed by atoms with Crippen molar-refractivity contribution < 1.29 is 9.13 Å². The maximum Gasteiger partial charge on any atom is 0.123 e. The van der Waals surface area contributed by atoms with Crippen LogP contribution >= 0.6 is 15.9 Å². The van der Waals surface area contributed by atoms with Crippen LogP contribution in [0.4, 0.5) is 4.39 Å². The number of ether oxygens (including phenoxy) is 1. The van der Waals surface area contributed by atoms with E-state index in [-0.39, 0.29) is 11.9 Å². The van der Waals surface area contributed by atoms with Crippen LogP contribution in [0.15, 0.2) is 46.9 Å². The van der Waals surface area contributed by atoms with Crippen LogP contribution in [0.25, 0.3) is 0 Å². The molecule has 2 aromatic rings. The molecule has 0 aliphatic carbocycles. The number of rotatable bonds is 5. The molecule has 2 nitrogen and oxygen atoms in total. The Labute approximate surface area is 126 Å². The molecule has 20 heavy (non-hydrogen) atoms. The first kappa shape index (κ1) is 15.0. The summed E-state index contributed by atoms with van der Waals surface area (Å²) in [5, 5.41) is 0. The average Bonchev–Trinajstić information content (AvgIpc) is 2.37. The van der Waals surface area contributed by atoms with Gasteiger partial charge in [-0.25, -0.2) is 4.39 Å². The predicted octanol–water partition coefficient (Wildman–Crippen LogP) is 4.06. The summed E-state index contributed by atoms with van der Waals surface area (Å²) in [6, 6.07) is 12.4. The maximum absolute atomic E-state index is 13.3. The van der Waals surface area contributed by atoms with Gasteiger partial charge in [-0.1, -0.05) is 28.1 Å². The molecule has 0 aromatic heterocycles.